The molecule has 5 nitrogen and oxygen atoms in total. The topological polar surface area (TPSA) is 72.8 Å². The number of hydrogen-bond acceptors (Lipinski definition) is 4. The highest BCUT2D eigenvalue weighted by atomic mass is 16.5. The molecular weight excluding hydrogens is 200 g/mol. The summed E-state index contributed by atoms with van der Waals surface area (Å²) in [6, 6.07) is 0. The molecule has 0 radical (unpaired) electrons. The van der Waals surface area contributed by atoms with E-state index in [4.69, 9.17) is 9.84 Å². The number of hydrogen-bond donors (Lipinski definition) is 1. The van der Waals surface area contributed by atoms with E-state index in [0.717, 1.165) is 6.42 Å². The average molecular weight is 220 g/mol. The van der Waals surface area contributed by atoms with E-state index in [1.807, 2.05) is 6.92 Å². The van der Waals surface area contributed by atoms with E-state index in [2.05, 4.69) is 4.74 Å². The van der Waals surface area contributed by atoms with Crippen molar-refractivity contribution in [3.05, 3.63) is 0 Å². The van der Waals surface area contributed by atoms with Crippen LogP contribution in [0, 0.1) is 0 Å². The van der Waals surface area contributed by atoms with Crippen molar-refractivity contribution in [1.29, 1.82) is 0 Å². The van der Waals surface area contributed by atoms with Gasteiger partial charge in [0.05, 0.1) is 19.6 Å². The third kappa shape index (κ3) is 24.6. The second-order valence-electron chi connectivity index (χ2n) is 2.68. The minimum absolute atomic E-state index is 0.111. The summed E-state index contributed by atoms with van der Waals surface area (Å²) >= 11 is 0. The zero-order valence-corrected chi connectivity index (χ0v) is 9.62. The summed E-state index contributed by atoms with van der Waals surface area (Å²) in [4.78, 5) is 19.7. The van der Waals surface area contributed by atoms with Crippen molar-refractivity contribution in [3.63, 3.8) is 0 Å². The maximum absolute atomic E-state index is 9.88. The van der Waals surface area contributed by atoms with Crippen LogP contribution < -0.4 is 0 Å². The Kier molecular flexibility index (Phi) is 14.0. The number of esters is 1. The van der Waals surface area contributed by atoms with Gasteiger partial charge in [-0.05, 0) is 13.3 Å². The number of aliphatic carboxylic acids is 1. The molecule has 0 fully saturated rings. The number of carboxylic acid groups (broad SMARTS) is 1. The van der Waals surface area contributed by atoms with Crippen LogP contribution in [0.4, 0.5) is 0 Å². The van der Waals surface area contributed by atoms with E-state index < -0.39 is 5.97 Å². The molecule has 5 heteroatoms. The van der Waals surface area contributed by atoms with E-state index in [-0.39, 0.29) is 12.4 Å². The molecule has 0 bridgehead atoms. The van der Waals surface area contributed by atoms with Crippen LogP contribution in [0.15, 0.2) is 0 Å². The van der Waals surface area contributed by atoms with Crippen LogP contribution in [-0.4, -0.2) is 36.9 Å². The predicted octanol–water partition coefficient (Wildman–Crippen LogP) is 1.46. The smallest absolute Gasteiger partial charge is 0.305 e. The van der Waals surface area contributed by atoms with E-state index in [0.29, 0.717) is 19.8 Å². The van der Waals surface area contributed by atoms with Crippen LogP contribution in [0.2, 0.25) is 0 Å². The highest BCUT2D eigenvalue weighted by Gasteiger charge is 1.93. The second-order valence-corrected chi connectivity index (χ2v) is 2.68. The fourth-order valence-electron chi connectivity index (χ4n) is 0.609. The molecule has 0 unspecified atom stereocenters. The first kappa shape index (κ1) is 16.3. The van der Waals surface area contributed by atoms with Crippen LogP contribution in [0.25, 0.3) is 0 Å². The molecule has 90 valence electrons. The zero-order valence-electron chi connectivity index (χ0n) is 9.62. The van der Waals surface area contributed by atoms with Crippen LogP contribution in [-0.2, 0) is 19.1 Å². The first-order chi connectivity index (χ1) is 7.04. The molecule has 0 saturated heterocycles. The molecule has 0 aromatic carbocycles. The van der Waals surface area contributed by atoms with Gasteiger partial charge in [0.25, 0.3) is 0 Å². The van der Waals surface area contributed by atoms with E-state index >= 15 is 0 Å². The number of rotatable bonds is 6. The number of carbonyl (C=O) groups excluding carboxylic acids is 1. The lowest BCUT2D eigenvalue weighted by molar-refractivity contribution is -0.140. The molecule has 0 heterocycles. The van der Waals surface area contributed by atoms with Gasteiger partial charge in [-0.15, -0.1) is 0 Å². The quantitative estimate of drug-likeness (QED) is 0.542. The van der Waals surface area contributed by atoms with Crippen LogP contribution in [0.1, 0.15) is 33.6 Å². The molecule has 0 rings (SSSR count). The Labute approximate surface area is 90.4 Å². The molecule has 15 heavy (non-hydrogen) atoms. The predicted molar refractivity (Wildman–Crippen MR) is 55.7 cm³/mol. The fourth-order valence-corrected chi connectivity index (χ4v) is 0.609. The maximum Gasteiger partial charge on any atom is 0.305 e. The van der Waals surface area contributed by atoms with Crippen molar-refractivity contribution in [2.45, 2.75) is 33.6 Å². The molecular formula is C10H20O5. The summed E-state index contributed by atoms with van der Waals surface area (Å²) in [5.74, 6) is -1.01. The van der Waals surface area contributed by atoms with E-state index in [1.54, 1.807) is 6.92 Å². The minimum atomic E-state index is -0.800. The van der Waals surface area contributed by atoms with Crippen molar-refractivity contribution in [1.82, 2.24) is 0 Å². The summed E-state index contributed by atoms with van der Waals surface area (Å²) in [5, 5.41) is 8.13. The Morgan fingerprint density at radius 3 is 2.07 bits per heavy atom. The van der Waals surface area contributed by atoms with E-state index in [1.165, 1.54) is 6.92 Å². The van der Waals surface area contributed by atoms with Crippen molar-refractivity contribution in [3.8, 4) is 0 Å². The first-order valence-corrected chi connectivity index (χ1v) is 4.97. The highest BCUT2D eigenvalue weighted by Crippen LogP contribution is 1.84. The summed E-state index contributed by atoms with van der Waals surface area (Å²) < 4.78 is 9.32. The van der Waals surface area contributed by atoms with Gasteiger partial charge in [0.15, 0.2) is 0 Å². The SMILES string of the molecule is CCCOCCC(=O)O.CCOC(C)=O. The van der Waals surface area contributed by atoms with Crippen molar-refractivity contribution < 1.29 is 24.2 Å². The van der Waals surface area contributed by atoms with Crippen molar-refractivity contribution in [2.75, 3.05) is 19.8 Å². The lowest BCUT2D eigenvalue weighted by atomic mass is 10.5. The third-order valence-electron chi connectivity index (χ3n) is 1.16. The Hall–Kier alpha value is -1.10. The van der Waals surface area contributed by atoms with Crippen LogP contribution in [0.5, 0.6) is 0 Å². The first-order valence-electron chi connectivity index (χ1n) is 4.97. The monoisotopic (exact) mass is 220 g/mol. The molecule has 0 aliphatic heterocycles. The Morgan fingerprint density at radius 1 is 1.20 bits per heavy atom. The molecule has 0 aliphatic rings. The molecule has 0 spiro atoms. The van der Waals surface area contributed by atoms with Gasteiger partial charge >= 0.3 is 11.9 Å². The Morgan fingerprint density at radius 2 is 1.80 bits per heavy atom. The number of carbonyl (C=O) groups is 2. The van der Waals surface area contributed by atoms with Gasteiger partial charge < -0.3 is 14.6 Å². The van der Waals surface area contributed by atoms with Gasteiger partial charge in [0, 0.05) is 13.5 Å². The molecule has 0 amide bonds. The van der Waals surface area contributed by atoms with Gasteiger partial charge in [-0.25, -0.2) is 0 Å². The summed E-state index contributed by atoms with van der Waals surface area (Å²) in [6.07, 6.45) is 1.06. The molecule has 0 aromatic rings. The number of carboxylic acids is 1. The summed E-state index contributed by atoms with van der Waals surface area (Å²) in [7, 11) is 0. The summed E-state index contributed by atoms with van der Waals surface area (Å²) in [6.45, 7) is 6.64. The Balaban J connectivity index is 0. The van der Waals surface area contributed by atoms with Crippen LogP contribution in [0.3, 0.4) is 0 Å². The average Bonchev–Trinajstić information content (AvgIpc) is 2.13. The second kappa shape index (κ2) is 12.9. The maximum atomic E-state index is 9.88. The highest BCUT2D eigenvalue weighted by molar-refractivity contribution is 5.66. The largest absolute Gasteiger partial charge is 0.481 e. The summed E-state index contributed by atoms with van der Waals surface area (Å²) in [5.41, 5.74) is 0. The fraction of sp³-hybridized carbons (Fsp3) is 0.800. The molecule has 0 aromatic heterocycles. The third-order valence-corrected chi connectivity index (χ3v) is 1.16. The van der Waals surface area contributed by atoms with Gasteiger partial charge in [0.2, 0.25) is 0 Å². The molecule has 0 saturated carbocycles. The van der Waals surface area contributed by atoms with Crippen LogP contribution >= 0.6 is 0 Å². The molecule has 1 N–H and O–H groups in total. The van der Waals surface area contributed by atoms with Crippen molar-refractivity contribution >= 4 is 11.9 Å². The van der Waals surface area contributed by atoms with Gasteiger partial charge in [-0.1, -0.05) is 6.92 Å². The van der Waals surface area contributed by atoms with Gasteiger partial charge in [0.1, 0.15) is 0 Å². The molecule has 0 aliphatic carbocycles. The Bertz CT molecular complexity index is 167. The van der Waals surface area contributed by atoms with E-state index in [9.17, 15) is 9.59 Å². The standard InChI is InChI=1S/C6H12O3.C4H8O2/c1-2-4-9-5-3-6(7)8;1-3-6-4(2)5/h2-5H2,1H3,(H,7,8);3H2,1-2H3. The van der Waals surface area contributed by atoms with Crippen molar-refractivity contribution in [2.24, 2.45) is 0 Å². The lowest BCUT2D eigenvalue weighted by Crippen LogP contribution is -2.02. The van der Waals surface area contributed by atoms with Gasteiger partial charge in [-0.2, -0.15) is 0 Å². The van der Waals surface area contributed by atoms with Gasteiger partial charge in [-0.3, -0.25) is 9.59 Å². The normalized spacial score (nSPS) is 8.73. The number of ether oxygens (including phenoxy) is 2. The lowest BCUT2D eigenvalue weighted by Gasteiger charge is -1.96. The molecule has 0 atom stereocenters. The minimum Gasteiger partial charge on any atom is -0.481 e. The zero-order chi connectivity index (χ0) is 12.1.